The minimum absolute atomic E-state index is 0.166. The van der Waals surface area contributed by atoms with Gasteiger partial charge in [0, 0.05) is 0 Å². The first-order chi connectivity index (χ1) is 10.5. The number of amides is 3. The number of carbonyl (C=O) groups is 4. The van der Waals surface area contributed by atoms with E-state index in [0.29, 0.717) is 0 Å². The number of alkyl carbamates (subject to hydrolysis) is 1. The number of hydrogen-bond acceptors (Lipinski definition) is 6. The molecule has 10 nitrogen and oxygen atoms in total. The summed E-state index contributed by atoms with van der Waals surface area (Å²) in [5, 5.41) is 15.5. The van der Waals surface area contributed by atoms with Crippen molar-refractivity contribution < 1.29 is 33.8 Å². The van der Waals surface area contributed by atoms with Gasteiger partial charge in [0.2, 0.25) is 0 Å². The van der Waals surface area contributed by atoms with Crippen LogP contribution in [0.25, 0.3) is 0 Å². The van der Waals surface area contributed by atoms with Gasteiger partial charge in [-0.15, -0.1) is 0 Å². The zero-order valence-corrected chi connectivity index (χ0v) is 13.6. The van der Waals surface area contributed by atoms with Crippen molar-refractivity contribution in [3.05, 3.63) is 0 Å². The summed E-state index contributed by atoms with van der Waals surface area (Å²) < 4.78 is 9.54. The maximum atomic E-state index is 11.5. The molecular weight excluding hydrogens is 310 g/mol. The highest BCUT2D eigenvalue weighted by Crippen LogP contribution is 2.06. The van der Waals surface area contributed by atoms with E-state index in [0.717, 1.165) is 0 Å². The van der Waals surface area contributed by atoms with Crippen molar-refractivity contribution in [1.82, 2.24) is 16.0 Å². The van der Waals surface area contributed by atoms with Crippen molar-refractivity contribution >= 4 is 24.1 Å². The molecule has 0 aromatic rings. The fourth-order valence-corrected chi connectivity index (χ4v) is 1.27. The number of esters is 1. The molecule has 0 fully saturated rings. The molecule has 0 bridgehead atoms. The predicted octanol–water partition coefficient (Wildman–Crippen LogP) is -0.173. The number of carboxylic acids is 1. The molecule has 23 heavy (non-hydrogen) atoms. The summed E-state index contributed by atoms with van der Waals surface area (Å²) in [6.07, 6.45) is -0.808. The lowest BCUT2D eigenvalue weighted by Crippen LogP contribution is -2.52. The maximum absolute atomic E-state index is 11.5. The van der Waals surface area contributed by atoms with Crippen LogP contribution in [0, 0.1) is 0 Å². The van der Waals surface area contributed by atoms with Gasteiger partial charge in [-0.25, -0.2) is 14.4 Å². The van der Waals surface area contributed by atoms with Crippen LogP contribution in [0.4, 0.5) is 9.59 Å². The highest BCUT2D eigenvalue weighted by atomic mass is 16.6. The third kappa shape index (κ3) is 10.8. The molecule has 0 saturated carbocycles. The van der Waals surface area contributed by atoms with Crippen LogP contribution in [0.2, 0.25) is 0 Å². The average Bonchev–Trinajstić information content (AvgIpc) is 2.39. The topological polar surface area (TPSA) is 143 Å². The summed E-state index contributed by atoms with van der Waals surface area (Å²) in [5.74, 6) is -2.01. The Balaban J connectivity index is 4.31. The molecule has 0 unspecified atom stereocenters. The van der Waals surface area contributed by atoms with Crippen molar-refractivity contribution in [3.63, 3.8) is 0 Å². The Kier molecular flexibility index (Phi) is 8.45. The van der Waals surface area contributed by atoms with Crippen LogP contribution in [-0.4, -0.2) is 60.5 Å². The van der Waals surface area contributed by atoms with E-state index in [2.05, 4.69) is 20.7 Å². The quantitative estimate of drug-likeness (QED) is 0.473. The molecule has 1 atom stereocenters. The van der Waals surface area contributed by atoms with E-state index in [1.165, 1.54) is 0 Å². The maximum Gasteiger partial charge on any atom is 0.407 e. The summed E-state index contributed by atoms with van der Waals surface area (Å²) in [5.41, 5.74) is -0.729. The number of aliphatic carboxylic acids is 1. The highest BCUT2D eigenvalue weighted by Gasteiger charge is 2.23. The first-order valence-electron chi connectivity index (χ1n) is 6.94. The molecule has 0 aliphatic carbocycles. The third-order valence-corrected chi connectivity index (χ3v) is 2.15. The first-order valence-corrected chi connectivity index (χ1v) is 6.94. The normalized spacial score (nSPS) is 11.8. The Morgan fingerprint density at radius 2 is 1.74 bits per heavy atom. The fraction of sp³-hybridized carbons (Fsp3) is 0.692. The number of urea groups is 1. The molecule has 4 N–H and O–H groups in total. The molecule has 0 saturated heterocycles. The largest absolute Gasteiger partial charge is 0.480 e. The molecule has 0 heterocycles. The Morgan fingerprint density at radius 1 is 1.13 bits per heavy atom. The molecule has 0 radical (unpaired) electrons. The molecule has 132 valence electrons. The van der Waals surface area contributed by atoms with Gasteiger partial charge in [-0.2, -0.15) is 0 Å². The Hall–Kier alpha value is -2.52. The minimum atomic E-state index is -1.38. The van der Waals surface area contributed by atoms with Crippen molar-refractivity contribution in [2.24, 2.45) is 0 Å². The Labute approximate surface area is 133 Å². The van der Waals surface area contributed by atoms with Gasteiger partial charge < -0.3 is 30.5 Å². The number of rotatable bonds is 7. The monoisotopic (exact) mass is 333 g/mol. The van der Waals surface area contributed by atoms with Crippen molar-refractivity contribution in [3.8, 4) is 0 Å². The van der Waals surface area contributed by atoms with E-state index in [9.17, 15) is 19.2 Å². The molecule has 0 aliphatic rings. The standard InChI is InChI=1S/C13H23N3O7/c1-5-22-9(17)7-14-11(20)16-8(10(18)19)6-15-12(21)23-13(2,3)4/h8H,5-7H2,1-4H3,(H,15,21)(H,18,19)(H2,14,16,20)/t8-/m0/s1. The molecule has 0 rings (SSSR count). The van der Waals surface area contributed by atoms with Gasteiger partial charge in [-0.1, -0.05) is 0 Å². The van der Waals surface area contributed by atoms with Crippen LogP contribution < -0.4 is 16.0 Å². The molecule has 0 aromatic carbocycles. The lowest BCUT2D eigenvalue weighted by atomic mass is 10.2. The fourth-order valence-electron chi connectivity index (χ4n) is 1.27. The second-order valence-corrected chi connectivity index (χ2v) is 5.41. The summed E-state index contributed by atoms with van der Waals surface area (Å²) in [6, 6.07) is -2.26. The smallest absolute Gasteiger partial charge is 0.407 e. The third-order valence-electron chi connectivity index (χ3n) is 2.15. The van der Waals surface area contributed by atoms with Crippen molar-refractivity contribution in [1.29, 1.82) is 0 Å². The zero-order valence-electron chi connectivity index (χ0n) is 13.6. The van der Waals surface area contributed by atoms with Crippen LogP contribution in [-0.2, 0) is 19.1 Å². The zero-order chi connectivity index (χ0) is 18.0. The lowest BCUT2D eigenvalue weighted by molar-refractivity contribution is -0.141. The van der Waals surface area contributed by atoms with Crippen LogP contribution in [0.1, 0.15) is 27.7 Å². The van der Waals surface area contributed by atoms with Gasteiger partial charge in [0.1, 0.15) is 18.2 Å². The molecule has 0 aromatic heterocycles. The van der Waals surface area contributed by atoms with E-state index in [4.69, 9.17) is 9.84 Å². The average molecular weight is 333 g/mol. The summed E-state index contributed by atoms with van der Waals surface area (Å²) >= 11 is 0. The summed E-state index contributed by atoms with van der Waals surface area (Å²) in [4.78, 5) is 45.1. The van der Waals surface area contributed by atoms with Crippen LogP contribution in [0.3, 0.4) is 0 Å². The van der Waals surface area contributed by atoms with Gasteiger partial charge in [0.15, 0.2) is 0 Å². The summed E-state index contributed by atoms with van der Waals surface area (Å²) in [7, 11) is 0. The van der Waals surface area contributed by atoms with E-state index in [-0.39, 0.29) is 13.2 Å². The predicted molar refractivity (Wildman–Crippen MR) is 78.8 cm³/mol. The second kappa shape index (κ2) is 9.49. The van der Waals surface area contributed by atoms with Crippen molar-refractivity contribution in [2.75, 3.05) is 19.7 Å². The SMILES string of the molecule is CCOC(=O)CNC(=O)N[C@@H](CNC(=O)OC(C)(C)C)C(=O)O. The van der Waals surface area contributed by atoms with E-state index in [1.54, 1.807) is 27.7 Å². The Bertz CT molecular complexity index is 445. The second-order valence-electron chi connectivity index (χ2n) is 5.41. The van der Waals surface area contributed by atoms with Crippen LogP contribution in [0.5, 0.6) is 0 Å². The number of ether oxygens (including phenoxy) is 2. The van der Waals surface area contributed by atoms with Gasteiger partial charge in [-0.3, -0.25) is 4.79 Å². The number of hydrogen-bond donors (Lipinski definition) is 4. The summed E-state index contributed by atoms with van der Waals surface area (Å²) in [6.45, 7) is 5.97. The van der Waals surface area contributed by atoms with Crippen LogP contribution >= 0.6 is 0 Å². The van der Waals surface area contributed by atoms with Crippen molar-refractivity contribution in [2.45, 2.75) is 39.3 Å². The molecule has 10 heteroatoms. The molecule has 0 spiro atoms. The molecule has 0 aliphatic heterocycles. The molecule has 3 amide bonds. The Morgan fingerprint density at radius 3 is 2.22 bits per heavy atom. The highest BCUT2D eigenvalue weighted by molar-refractivity contribution is 5.85. The van der Waals surface area contributed by atoms with Crippen LogP contribution in [0.15, 0.2) is 0 Å². The van der Waals surface area contributed by atoms with Gasteiger partial charge >= 0.3 is 24.1 Å². The molecular formula is C13H23N3O7. The number of carbonyl (C=O) groups excluding carboxylic acids is 3. The van der Waals surface area contributed by atoms with E-state index < -0.39 is 42.3 Å². The number of nitrogens with one attached hydrogen (secondary N) is 3. The van der Waals surface area contributed by atoms with E-state index in [1.807, 2.05) is 0 Å². The van der Waals surface area contributed by atoms with Gasteiger partial charge in [0.25, 0.3) is 0 Å². The van der Waals surface area contributed by atoms with E-state index >= 15 is 0 Å². The lowest BCUT2D eigenvalue weighted by Gasteiger charge is -2.21. The minimum Gasteiger partial charge on any atom is -0.480 e. The van der Waals surface area contributed by atoms with Gasteiger partial charge in [-0.05, 0) is 27.7 Å². The van der Waals surface area contributed by atoms with Gasteiger partial charge in [0.05, 0.1) is 13.2 Å². The first kappa shape index (κ1) is 20.5. The number of carboxylic acid groups (broad SMARTS) is 1.